The Hall–Kier alpha value is -2.24. The van der Waals surface area contributed by atoms with Crippen LogP contribution < -0.4 is 5.73 Å². The molecule has 1 aliphatic rings. The van der Waals surface area contributed by atoms with Crippen molar-refractivity contribution in [3.05, 3.63) is 29.8 Å². The fourth-order valence-electron chi connectivity index (χ4n) is 2.44. The van der Waals surface area contributed by atoms with Gasteiger partial charge < -0.3 is 20.1 Å². The highest BCUT2D eigenvalue weighted by molar-refractivity contribution is 5.89. The Morgan fingerprint density at radius 3 is 2.52 bits per heavy atom. The molecule has 1 saturated heterocycles. The van der Waals surface area contributed by atoms with Crippen LogP contribution in [0.15, 0.2) is 24.3 Å². The zero-order chi connectivity index (χ0) is 17.0. The van der Waals surface area contributed by atoms with Crippen LogP contribution in [-0.4, -0.2) is 41.8 Å². The lowest BCUT2D eigenvalue weighted by Crippen LogP contribution is -2.42. The summed E-state index contributed by atoms with van der Waals surface area (Å²) in [6.45, 7) is 6.28. The SMILES string of the molecule is CC(C)(C)OC(=O)N1CCC[C@H]1COC(=O)c1ccc(N)cc1. The van der Waals surface area contributed by atoms with E-state index >= 15 is 0 Å². The number of carbonyl (C=O) groups is 2. The summed E-state index contributed by atoms with van der Waals surface area (Å²) >= 11 is 0. The summed E-state index contributed by atoms with van der Waals surface area (Å²) in [7, 11) is 0. The number of carbonyl (C=O) groups excluding carboxylic acids is 2. The predicted molar refractivity (Wildman–Crippen MR) is 87.1 cm³/mol. The second-order valence-corrected chi connectivity index (χ2v) is 6.69. The van der Waals surface area contributed by atoms with Crippen LogP contribution in [0.2, 0.25) is 0 Å². The lowest BCUT2D eigenvalue weighted by atomic mass is 10.2. The first-order chi connectivity index (χ1) is 10.8. The minimum Gasteiger partial charge on any atom is -0.460 e. The van der Waals surface area contributed by atoms with Crippen LogP contribution in [0.25, 0.3) is 0 Å². The molecular weight excluding hydrogens is 296 g/mol. The van der Waals surface area contributed by atoms with Crippen molar-refractivity contribution in [1.82, 2.24) is 4.90 Å². The number of amides is 1. The van der Waals surface area contributed by atoms with Crippen LogP contribution in [-0.2, 0) is 9.47 Å². The second-order valence-electron chi connectivity index (χ2n) is 6.69. The van der Waals surface area contributed by atoms with Crippen molar-refractivity contribution in [2.75, 3.05) is 18.9 Å². The third-order valence-corrected chi connectivity index (χ3v) is 3.56. The topological polar surface area (TPSA) is 81.9 Å². The molecule has 0 aromatic heterocycles. The van der Waals surface area contributed by atoms with Crippen LogP contribution >= 0.6 is 0 Å². The maximum atomic E-state index is 12.2. The molecule has 2 N–H and O–H groups in total. The molecule has 0 saturated carbocycles. The fraction of sp³-hybridized carbons (Fsp3) is 0.529. The van der Waals surface area contributed by atoms with Gasteiger partial charge in [0.2, 0.25) is 0 Å². The van der Waals surface area contributed by atoms with Crippen LogP contribution in [0.5, 0.6) is 0 Å². The third kappa shape index (κ3) is 4.87. The van der Waals surface area contributed by atoms with Gasteiger partial charge in [0.1, 0.15) is 12.2 Å². The minimum absolute atomic E-state index is 0.136. The Balaban J connectivity index is 1.90. The number of nitrogen functional groups attached to an aromatic ring is 1. The van der Waals surface area contributed by atoms with Crippen molar-refractivity contribution >= 4 is 17.7 Å². The van der Waals surface area contributed by atoms with Crippen molar-refractivity contribution in [2.45, 2.75) is 45.3 Å². The van der Waals surface area contributed by atoms with Gasteiger partial charge in [0.25, 0.3) is 0 Å². The van der Waals surface area contributed by atoms with Crippen LogP contribution in [0.1, 0.15) is 44.0 Å². The second kappa shape index (κ2) is 6.89. The van der Waals surface area contributed by atoms with Crippen molar-refractivity contribution in [3.63, 3.8) is 0 Å². The van der Waals surface area contributed by atoms with Gasteiger partial charge >= 0.3 is 12.1 Å². The average molecular weight is 320 g/mol. The Labute approximate surface area is 136 Å². The van der Waals surface area contributed by atoms with Gasteiger partial charge in [-0.25, -0.2) is 9.59 Å². The van der Waals surface area contributed by atoms with Crippen molar-refractivity contribution in [2.24, 2.45) is 0 Å². The summed E-state index contributed by atoms with van der Waals surface area (Å²) in [5, 5.41) is 0. The van der Waals surface area contributed by atoms with Gasteiger partial charge in [-0.3, -0.25) is 0 Å². The number of rotatable bonds is 3. The average Bonchev–Trinajstić information content (AvgIpc) is 2.92. The number of esters is 1. The van der Waals surface area contributed by atoms with Crippen molar-refractivity contribution in [3.8, 4) is 0 Å². The first-order valence-corrected chi connectivity index (χ1v) is 7.78. The number of anilines is 1. The number of ether oxygens (including phenoxy) is 2. The third-order valence-electron chi connectivity index (χ3n) is 3.56. The van der Waals surface area contributed by atoms with E-state index in [9.17, 15) is 9.59 Å². The van der Waals surface area contributed by atoms with E-state index in [4.69, 9.17) is 15.2 Å². The molecule has 0 radical (unpaired) electrons. The predicted octanol–water partition coefficient (Wildman–Crippen LogP) is 2.83. The summed E-state index contributed by atoms with van der Waals surface area (Å²) in [6, 6.07) is 6.41. The maximum absolute atomic E-state index is 12.2. The van der Waals surface area contributed by atoms with Crippen LogP contribution in [0, 0.1) is 0 Å². The van der Waals surface area contributed by atoms with Gasteiger partial charge in [-0.05, 0) is 57.9 Å². The molecule has 1 atom stereocenters. The summed E-state index contributed by atoms with van der Waals surface area (Å²) in [6.07, 6.45) is 1.32. The first kappa shape index (κ1) is 17.1. The molecule has 2 rings (SSSR count). The van der Waals surface area contributed by atoms with Crippen molar-refractivity contribution in [1.29, 1.82) is 0 Å². The Morgan fingerprint density at radius 1 is 1.26 bits per heavy atom. The molecule has 1 aromatic rings. The number of nitrogens with two attached hydrogens (primary N) is 1. The molecule has 1 aliphatic heterocycles. The highest BCUT2D eigenvalue weighted by atomic mass is 16.6. The van der Waals surface area contributed by atoms with Crippen molar-refractivity contribution < 1.29 is 19.1 Å². The molecule has 1 amide bonds. The van der Waals surface area contributed by atoms with Crippen LogP contribution in [0.3, 0.4) is 0 Å². The van der Waals surface area contributed by atoms with Gasteiger partial charge in [0, 0.05) is 12.2 Å². The molecular formula is C17H24N2O4. The lowest BCUT2D eigenvalue weighted by molar-refractivity contribution is 0.0106. The molecule has 6 nitrogen and oxygen atoms in total. The number of benzene rings is 1. The zero-order valence-corrected chi connectivity index (χ0v) is 13.9. The van der Waals surface area contributed by atoms with E-state index in [2.05, 4.69) is 0 Å². The Kier molecular flexibility index (Phi) is 5.13. The summed E-state index contributed by atoms with van der Waals surface area (Å²) < 4.78 is 10.7. The number of hydrogen-bond donors (Lipinski definition) is 1. The molecule has 6 heteroatoms. The number of nitrogens with zero attached hydrogens (tertiary/aromatic N) is 1. The minimum atomic E-state index is -0.537. The summed E-state index contributed by atoms with van der Waals surface area (Å²) in [4.78, 5) is 25.8. The highest BCUT2D eigenvalue weighted by Crippen LogP contribution is 2.21. The Bertz CT molecular complexity index is 563. The lowest BCUT2D eigenvalue weighted by Gasteiger charge is -2.28. The molecule has 0 unspecified atom stereocenters. The zero-order valence-electron chi connectivity index (χ0n) is 13.9. The van der Waals surface area contributed by atoms with E-state index in [0.29, 0.717) is 17.8 Å². The van der Waals surface area contributed by atoms with Crippen LogP contribution in [0.4, 0.5) is 10.5 Å². The van der Waals surface area contributed by atoms with E-state index in [1.54, 1.807) is 29.2 Å². The van der Waals surface area contributed by atoms with E-state index in [-0.39, 0.29) is 18.7 Å². The fourth-order valence-corrected chi connectivity index (χ4v) is 2.44. The molecule has 0 bridgehead atoms. The molecule has 1 heterocycles. The van der Waals surface area contributed by atoms with Gasteiger partial charge in [0.15, 0.2) is 0 Å². The molecule has 1 aromatic carbocycles. The first-order valence-electron chi connectivity index (χ1n) is 7.78. The Morgan fingerprint density at radius 2 is 1.91 bits per heavy atom. The van der Waals surface area contributed by atoms with Gasteiger partial charge in [0.05, 0.1) is 11.6 Å². The molecule has 1 fully saturated rings. The largest absolute Gasteiger partial charge is 0.460 e. The summed E-state index contributed by atoms with van der Waals surface area (Å²) in [5.74, 6) is -0.416. The molecule has 126 valence electrons. The normalized spacial score (nSPS) is 17.9. The quantitative estimate of drug-likeness (QED) is 0.684. The molecule has 23 heavy (non-hydrogen) atoms. The highest BCUT2D eigenvalue weighted by Gasteiger charge is 2.33. The van der Waals surface area contributed by atoms with E-state index in [1.165, 1.54) is 0 Å². The van der Waals surface area contributed by atoms with Gasteiger partial charge in [-0.2, -0.15) is 0 Å². The van der Waals surface area contributed by atoms with E-state index in [0.717, 1.165) is 12.8 Å². The number of hydrogen-bond acceptors (Lipinski definition) is 5. The smallest absolute Gasteiger partial charge is 0.410 e. The monoisotopic (exact) mass is 320 g/mol. The van der Waals surface area contributed by atoms with E-state index < -0.39 is 11.6 Å². The van der Waals surface area contributed by atoms with Gasteiger partial charge in [-0.15, -0.1) is 0 Å². The van der Waals surface area contributed by atoms with E-state index in [1.807, 2.05) is 20.8 Å². The number of likely N-dealkylation sites (tertiary alicyclic amines) is 1. The molecule has 0 aliphatic carbocycles. The molecule has 0 spiro atoms. The van der Waals surface area contributed by atoms with Gasteiger partial charge in [-0.1, -0.05) is 0 Å². The maximum Gasteiger partial charge on any atom is 0.410 e. The standard InChI is InChI=1S/C17H24N2O4/c1-17(2,3)23-16(21)19-10-4-5-14(19)11-22-15(20)12-6-8-13(18)9-7-12/h6-9,14H,4-5,10-11,18H2,1-3H3/t14-/m0/s1. The summed E-state index contributed by atoms with van der Waals surface area (Å²) in [5.41, 5.74) is 6.09.